The first-order valence-corrected chi connectivity index (χ1v) is 4.45. The smallest absolute Gasteiger partial charge is 0.00385 e. The Morgan fingerprint density at radius 1 is 1.18 bits per heavy atom. The van der Waals surface area contributed by atoms with Crippen molar-refractivity contribution >= 4 is 0 Å². The van der Waals surface area contributed by atoms with Crippen molar-refractivity contribution in [1.29, 1.82) is 0 Å². The Balaban J connectivity index is 2.23. The van der Waals surface area contributed by atoms with Crippen molar-refractivity contribution in [3.8, 4) is 0 Å². The minimum atomic E-state index is 1.18. The van der Waals surface area contributed by atoms with E-state index in [1.165, 1.54) is 38.4 Å². The molecule has 0 bridgehead atoms. The van der Waals surface area contributed by atoms with Crippen LogP contribution in [0.4, 0.5) is 0 Å². The Hall–Kier alpha value is -0.300. The molecule has 1 aliphatic rings. The van der Waals surface area contributed by atoms with Gasteiger partial charge in [-0.25, -0.2) is 0 Å². The highest BCUT2D eigenvalue weighted by molar-refractivity contribution is 4.90. The summed E-state index contributed by atoms with van der Waals surface area (Å²) in [5.41, 5.74) is 0. The van der Waals surface area contributed by atoms with Crippen LogP contribution in [0.1, 0.15) is 26.7 Å². The van der Waals surface area contributed by atoms with Gasteiger partial charge in [-0.05, 0) is 18.8 Å². The Bertz CT molecular complexity index is 117. The normalized spacial score (nSPS) is 20.6. The molecule has 0 aromatic rings. The predicted octanol–water partition coefficient (Wildman–Crippen LogP) is 2.25. The van der Waals surface area contributed by atoms with E-state index >= 15 is 0 Å². The summed E-state index contributed by atoms with van der Waals surface area (Å²) in [5.74, 6) is 1.52. The molecule has 1 heteroatoms. The zero-order valence-electron chi connectivity index (χ0n) is 7.64. The number of nitrogens with zero attached hydrogens (tertiary/aromatic N) is 1. The molecular weight excluding hydrogens is 134 g/mol. The van der Waals surface area contributed by atoms with Crippen LogP contribution in [0.5, 0.6) is 0 Å². The first kappa shape index (κ1) is 8.79. The number of hydrogen-bond donors (Lipinski definition) is 0. The SMILES string of the molecule is C[C](C)CN1CCC=CCC1. The van der Waals surface area contributed by atoms with E-state index in [1.807, 2.05) is 0 Å². The second-order valence-electron chi connectivity index (χ2n) is 3.53. The molecule has 0 fully saturated rings. The van der Waals surface area contributed by atoms with Gasteiger partial charge in [0.2, 0.25) is 0 Å². The third-order valence-electron chi connectivity index (χ3n) is 1.93. The van der Waals surface area contributed by atoms with Crippen molar-refractivity contribution < 1.29 is 0 Å². The van der Waals surface area contributed by atoms with Crippen LogP contribution in [0.3, 0.4) is 0 Å². The van der Waals surface area contributed by atoms with Crippen LogP contribution in [-0.4, -0.2) is 24.5 Å². The van der Waals surface area contributed by atoms with Gasteiger partial charge in [0.15, 0.2) is 0 Å². The zero-order valence-corrected chi connectivity index (χ0v) is 7.64. The van der Waals surface area contributed by atoms with Crippen LogP contribution in [0.25, 0.3) is 0 Å². The Kier molecular flexibility index (Phi) is 3.64. The van der Waals surface area contributed by atoms with E-state index in [1.54, 1.807) is 0 Å². The van der Waals surface area contributed by atoms with Gasteiger partial charge < -0.3 is 4.90 Å². The molecule has 1 nitrogen and oxygen atoms in total. The summed E-state index contributed by atoms with van der Waals surface area (Å²) in [6, 6.07) is 0. The molecule has 0 amide bonds. The molecular formula is C10H18N. The summed E-state index contributed by atoms with van der Waals surface area (Å²) in [6.45, 7) is 8.07. The van der Waals surface area contributed by atoms with E-state index in [-0.39, 0.29) is 0 Å². The Morgan fingerprint density at radius 3 is 2.18 bits per heavy atom. The van der Waals surface area contributed by atoms with Gasteiger partial charge >= 0.3 is 0 Å². The number of hydrogen-bond acceptors (Lipinski definition) is 1. The molecule has 0 aromatic heterocycles. The average Bonchev–Trinajstić information content (AvgIpc) is 2.14. The summed E-state index contributed by atoms with van der Waals surface area (Å²) in [7, 11) is 0. The minimum absolute atomic E-state index is 1.18. The molecule has 0 saturated heterocycles. The summed E-state index contributed by atoms with van der Waals surface area (Å²) in [4.78, 5) is 2.52. The van der Waals surface area contributed by atoms with Crippen molar-refractivity contribution in [1.82, 2.24) is 4.90 Å². The van der Waals surface area contributed by atoms with E-state index in [0.29, 0.717) is 0 Å². The summed E-state index contributed by atoms with van der Waals surface area (Å²) in [5, 5.41) is 0. The monoisotopic (exact) mass is 152 g/mol. The molecule has 0 aromatic carbocycles. The highest BCUT2D eigenvalue weighted by Crippen LogP contribution is 2.06. The lowest BCUT2D eigenvalue weighted by Gasteiger charge is -2.21. The quantitative estimate of drug-likeness (QED) is 0.549. The van der Waals surface area contributed by atoms with Gasteiger partial charge in [-0.3, -0.25) is 0 Å². The van der Waals surface area contributed by atoms with E-state index in [9.17, 15) is 0 Å². The fourth-order valence-electron chi connectivity index (χ4n) is 1.47. The predicted molar refractivity (Wildman–Crippen MR) is 49.4 cm³/mol. The van der Waals surface area contributed by atoms with Crippen molar-refractivity contribution in [2.45, 2.75) is 26.7 Å². The lowest BCUT2D eigenvalue weighted by Crippen LogP contribution is -2.27. The van der Waals surface area contributed by atoms with Gasteiger partial charge in [0.25, 0.3) is 0 Å². The van der Waals surface area contributed by atoms with Gasteiger partial charge in [-0.2, -0.15) is 0 Å². The standard InChI is InChI=1S/C10H18N/c1-10(2)9-11-7-5-3-4-6-8-11/h3-4H,5-9H2,1-2H3. The molecule has 1 aliphatic heterocycles. The highest BCUT2D eigenvalue weighted by atomic mass is 15.1. The van der Waals surface area contributed by atoms with Crippen LogP contribution in [0.15, 0.2) is 12.2 Å². The van der Waals surface area contributed by atoms with Crippen LogP contribution in [0, 0.1) is 5.92 Å². The van der Waals surface area contributed by atoms with Gasteiger partial charge in [0.1, 0.15) is 0 Å². The summed E-state index contributed by atoms with van der Waals surface area (Å²) in [6.07, 6.45) is 7.05. The van der Waals surface area contributed by atoms with E-state index in [2.05, 4.69) is 30.9 Å². The maximum Gasteiger partial charge on any atom is 0.00385 e. The van der Waals surface area contributed by atoms with Gasteiger partial charge in [-0.15, -0.1) is 0 Å². The van der Waals surface area contributed by atoms with Gasteiger partial charge in [-0.1, -0.05) is 26.0 Å². The van der Waals surface area contributed by atoms with E-state index in [0.717, 1.165) is 0 Å². The molecule has 1 rings (SSSR count). The van der Waals surface area contributed by atoms with Crippen LogP contribution in [-0.2, 0) is 0 Å². The fraction of sp³-hybridized carbons (Fsp3) is 0.700. The molecule has 0 unspecified atom stereocenters. The molecule has 0 saturated carbocycles. The van der Waals surface area contributed by atoms with Crippen molar-refractivity contribution in [2.75, 3.05) is 19.6 Å². The van der Waals surface area contributed by atoms with Crippen LogP contribution in [0.2, 0.25) is 0 Å². The third-order valence-corrected chi connectivity index (χ3v) is 1.93. The molecule has 0 aliphatic carbocycles. The molecule has 1 heterocycles. The first-order chi connectivity index (χ1) is 5.29. The zero-order chi connectivity index (χ0) is 8.10. The van der Waals surface area contributed by atoms with Gasteiger partial charge in [0, 0.05) is 19.6 Å². The summed E-state index contributed by atoms with van der Waals surface area (Å²) >= 11 is 0. The number of rotatable bonds is 2. The van der Waals surface area contributed by atoms with E-state index in [4.69, 9.17) is 0 Å². The molecule has 0 N–H and O–H groups in total. The molecule has 11 heavy (non-hydrogen) atoms. The topological polar surface area (TPSA) is 3.24 Å². The maximum absolute atomic E-state index is 2.52. The lowest BCUT2D eigenvalue weighted by molar-refractivity contribution is 0.300. The fourth-order valence-corrected chi connectivity index (χ4v) is 1.47. The Morgan fingerprint density at radius 2 is 1.73 bits per heavy atom. The van der Waals surface area contributed by atoms with Crippen molar-refractivity contribution in [2.24, 2.45) is 0 Å². The Labute approximate surface area is 70.1 Å². The maximum atomic E-state index is 2.52. The van der Waals surface area contributed by atoms with E-state index < -0.39 is 0 Å². The second kappa shape index (κ2) is 4.55. The van der Waals surface area contributed by atoms with Crippen LogP contribution >= 0.6 is 0 Å². The lowest BCUT2D eigenvalue weighted by atomic mass is 10.2. The van der Waals surface area contributed by atoms with Gasteiger partial charge in [0.05, 0.1) is 0 Å². The molecule has 1 radical (unpaired) electrons. The minimum Gasteiger partial charge on any atom is -0.302 e. The van der Waals surface area contributed by atoms with Crippen LogP contribution < -0.4 is 0 Å². The molecule has 63 valence electrons. The van der Waals surface area contributed by atoms with Crippen molar-refractivity contribution in [3.05, 3.63) is 18.1 Å². The third kappa shape index (κ3) is 3.57. The highest BCUT2D eigenvalue weighted by Gasteiger charge is 2.06. The largest absolute Gasteiger partial charge is 0.302 e. The van der Waals surface area contributed by atoms with Crippen molar-refractivity contribution in [3.63, 3.8) is 0 Å². The molecule has 0 atom stereocenters. The average molecular weight is 152 g/mol. The summed E-state index contributed by atoms with van der Waals surface area (Å²) < 4.78 is 0. The molecule has 0 spiro atoms. The first-order valence-electron chi connectivity index (χ1n) is 4.45. The second-order valence-corrected chi connectivity index (χ2v) is 3.53.